The van der Waals surface area contributed by atoms with E-state index in [4.69, 9.17) is 0 Å². The number of benzene rings is 2. The number of nitrogens with zero attached hydrogens (tertiary/aromatic N) is 1. The first-order valence-electron chi connectivity index (χ1n) is 9.04. The zero-order chi connectivity index (χ0) is 19.4. The summed E-state index contributed by atoms with van der Waals surface area (Å²) >= 11 is 0. The highest BCUT2D eigenvalue weighted by atomic mass is 35.5. The van der Waals surface area contributed by atoms with Crippen LogP contribution in [0.25, 0.3) is 0 Å². The lowest BCUT2D eigenvalue weighted by molar-refractivity contribution is 0.0708. The van der Waals surface area contributed by atoms with Crippen LogP contribution in [-0.2, 0) is 16.6 Å². The minimum atomic E-state index is -3.71. The van der Waals surface area contributed by atoms with E-state index in [0.29, 0.717) is 18.7 Å². The number of nitrogens with one attached hydrogen (secondary N) is 2. The third kappa shape index (κ3) is 5.32. The van der Waals surface area contributed by atoms with Gasteiger partial charge in [0.1, 0.15) is 0 Å². The molecular weight excluding hydrogens is 398 g/mol. The van der Waals surface area contributed by atoms with Crippen molar-refractivity contribution in [3.8, 4) is 0 Å². The van der Waals surface area contributed by atoms with E-state index in [9.17, 15) is 13.2 Å². The summed E-state index contributed by atoms with van der Waals surface area (Å²) in [6.07, 6.45) is 0. The van der Waals surface area contributed by atoms with Crippen molar-refractivity contribution >= 4 is 28.3 Å². The molecule has 6 nitrogen and oxygen atoms in total. The van der Waals surface area contributed by atoms with Crippen molar-refractivity contribution < 1.29 is 13.2 Å². The van der Waals surface area contributed by atoms with E-state index in [1.165, 1.54) is 6.07 Å². The SMILES string of the molecule is Cc1ccc(S(=O)(=O)NCc2ccccc2)cc1C(=O)N1CCNC(C)C1.Cl. The first-order valence-corrected chi connectivity index (χ1v) is 10.5. The molecule has 1 aliphatic rings. The van der Waals surface area contributed by atoms with Crippen LogP contribution in [0.5, 0.6) is 0 Å². The van der Waals surface area contributed by atoms with Crippen LogP contribution in [0.15, 0.2) is 53.4 Å². The van der Waals surface area contributed by atoms with Crippen molar-refractivity contribution in [2.45, 2.75) is 31.3 Å². The first-order chi connectivity index (χ1) is 12.9. The fourth-order valence-electron chi connectivity index (χ4n) is 3.14. The molecule has 1 heterocycles. The van der Waals surface area contributed by atoms with Crippen molar-refractivity contribution in [1.82, 2.24) is 14.9 Å². The molecule has 2 aromatic rings. The molecule has 2 N–H and O–H groups in total. The molecule has 0 saturated carbocycles. The quantitative estimate of drug-likeness (QED) is 0.773. The van der Waals surface area contributed by atoms with Gasteiger partial charge in [-0.25, -0.2) is 13.1 Å². The largest absolute Gasteiger partial charge is 0.336 e. The average molecular weight is 424 g/mol. The number of carbonyl (C=O) groups excluding carboxylic acids is 1. The smallest absolute Gasteiger partial charge is 0.254 e. The number of carbonyl (C=O) groups is 1. The summed E-state index contributed by atoms with van der Waals surface area (Å²) in [5, 5.41) is 3.30. The van der Waals surface area contributed by atoms with Crippen LogP contribution in [0.2, 0.25) is 0 Å². The van der Waals surface area contributed by atoms with E-state index in [1.54, 1.807) is 17.0 Å². The van der Waals surface area contributed by atoms with Crippen molar-refractivity contribution in [2.24, 2.45) is 0 Å². The van der Waals surface area contributed by atoms with Crippen molar-refractivity contribution in [2.75, 3.05) is 19.6 Å². The molecule has 1 fully saturated rings. The van der Waals surface area contributed by atoms with E-state index >= 15 is 0 Å². The molecule has 0 bridgehead atoms. The van der Waals surface area contributed by atoms with Crippen LogP contribution < -0.4 is 10.0 Å². The highest BCUT2D eigenvalue weighted by molar-refractivity contribution is 7.89. The first kappa shape index (κ1) is 22.4. The third-order valence-electron chi connectivity index (χ3n) is 4.71. The standard InChI is InChI=1S/C20H25N3O3S.ClH/c1-15-8-9-18(27(25,26)22-13-17-6-4-3-5-7-17)12-19(15)20(24)23-11-10-21-16(2)14-23;/h3-9,12,16,21-22H,10-11,13-14H2,1-2H3;1H. The number of aryl methyl sites for hydroxylation is 1. The Hall–Kier alpha value is -1.93. The Balaban J connectivity index is 0.00000280. The number of piperazine rings is 1. The summed E-state index contributed by atoms with van der Waals surface area (Å²) in [5.74, 6) is -0.124. The molecule has 1 saturated heterocycles. The molecule has 28 heavy (non-hydrogen) atoms. The number of hydrogen-bond donors (Lipinski definition) is 2. The van der Waals surface area contributed by atoms with Crippen LogP contribution in [0.4, 0.5) is 0 Å². The lowest BCUT2D eigenvalue weighted by Gasteiger charge is -2.32. The summed E-state index contributed by atoms with van der Waals surface area (Å²) in [6.45, 7) is 6.03. The zero-order valence-electron chi connectivity index (χ0n) is 16.0. The third-order valence-corrected chi connectivity index (χ3v) is 6.11. The molecule has 0 spiro atoms. The Bertz CT molecular complexity index is 920. The van der Waals surface area contributed by atoms with Crippen LogP contribution in [0.3, 0.4) is 0 Å². The topological polar surface area (TPSA) is 78.5 Å². The van der Waals surface area contributed by atoms with Gasteiger partial charge in [-0.3, -0.25) is 4.79 Å². The van der Waals surface area contributed by atoms with Gasteiger partial charge < -0.3 is 10.2 Å². The van der Waals surface area contributed by atoms with E-state index < -0.39 is 10.0 Å². The fourth-order valence-corrected chi connectivity index (χ4v) is 4.19. The molecular formula is C20H26ClN3O3S. The minimum absolute atomic E-state index is 0. The number of sulfonamides is 1. The maximum Gasteiger partial charge on any atom is 0.254 e. The monoisotopic (exact) mass is 423 g/mol. The number of hydrogen-bond acceptors (Lipinski definition) is 4. The molecule has 8 heteroatoms. The summed E-state index contributed by atoms with van der Waals surface area (Å²) in [5.41, 5.74) is 2.08. The molecule has 152 valence electrons. The van der Waals surface area contributed by atoms with Gasteiger partial charge in [-0.15, -0.1) is 12.4 Å². The van der Waals surface area contributed by atoms with E-state index in [0.717, 1.165) is 17.7 Å². The second kappa shape index (κ2) is 9.52. The molecule has 2 aromatic carbocycles. The van der Waals surface area contributed by atoms with Gasteiger partial charge in [0.05, 0.1) is 4.90 Å². The van der Waals surface area contributed by atoms with Gasteiger partial charge in [0.25, 0.3) is 5.91 Å². The van der Waals surface area contributed by atoms with Gasteiger partial charge in [-0.1, -0.05) is 36.4 Å². The maximum atomic E-state index is 12.9. The second-order valence-corrected chi connectivity index (χ2v) is 8.66. The highest BCUT2D eigenvalue weighted by Crippen LogP contribution is 2.18. The van der Waals surface area contributed by atoms with Gasteiger partial charge in [-0.2, -0.15) is 0 Å². The van der Waals surface area contributed by atoms with E-state index in [1.807, 2.05) is 44.2 Å². The normalized spacial score (nSPS) is 17.1. The lowest BCUT2D eigenvalue weighted by atomic mass is 10.1. The Morgan fingerprint density at radius 3 is 2.61 bits per heavy atom. The molecule has 0 radical (unpaired) electrons. The van der Waals surface area contributed by atoms with Gasteiger partial charge in [-0.05, 0) is 37.1 Å². The zero-order valence-corrected chi connectivity index (χ0v) is 17.6. The Morgan fingerprint density at radius 2 is 1.93 bits per heavy atom. The summed E-state index contributed by atoms with van der Waals surface area (Å²) in [4.78, 5) is 14.8. The van der Waals surface area contributed by atoms with Crippen molar-refractivity contribution in [3.05, 3.63) is 65.2 Å². The van der Waals surface area contributed by atoms with Crippen LogP contribution in [0, 0.1) is 6.92 Å². The summed E-state index contributed by atoms with van der Waals surface area (Å²) < 4.78 is 27.9. The molecule has 1 amide bonds. The second-order valence-electron chi connectivity index (χ2n) is 6.89. The van der Waals surface area contributed by atoms with E-state index in [-0.39, 0.29) is 35.8 Å². The predicted molar refractivity (Wildman–Crippen MR) is 112 cm³/mol. The van der Waals surface area contributed by atoms with Crippen LogP contribution in [-0.4, -0.2) is 44.9 Å². The number of amides is 1. The Morgan fingerprint density at radius 1 is 1.21 bits per heavy atom. The average Bonchev–Trinajstić information content (AvgIpc) is 2.67. The Kier molecular flexibility index (Phi) is 7.60. The number of halogens is 1. The van der Waals surface area contributed by atoms with Gasteiger partial charge in [0, 0.05) is 37.8 Å². The van der Waals surface area contributed by atoms with Crippen molar-refractivity contribution in [1.29, 1.82) is 0 Å². The van der Waals surface area contributed by atoms with Gasteiger partial charge in [0.15, 0.2) is 0 Å². The molecule has 1 aliphatic heterocycles. The molecule has 3 rings (SSSR count). The van der Waals surface area contributed by atoms with Crippen LogP contribution in [0.1, 0.15) is 28.4 Å². The van der Waals surface area contributed by atoms with Gasteiger partial charge in [0.2, 0.25) is 10.0 Å². The highest BCUT2D eigenvalue weighted by Gasteiger charge is 2.24. The molecule has 1 atom stereocenters. The lowest BCUT2D eigenvalue weighted by Crippen LogP contribution is -2.51. The predicted octanol–water partition coefficient (Wildman–Crippen LogP) is 2.33. The molecule has 0 aromatic heterocycles. The van der Waals surface area contributed by atoms with Crippen LogP contribution >= 0.6 is 12.4 Å². The van der Waals surface area contributed by atoms with Gasteiger partial charge >= 0.3 is 0 Å². The maximum absolute atomic E-state index is 12.9. The van der Waals surface area contributed by atoms with E-state index in [2.05, 4.69) is 10.0 Å². The summed E-state index contributed by atoms with van der Waals surface area (Å²) in [6, 6.07) is 14.3. The number of rotatable bonds is 5. The fraction of sp³-hybridized carbons (Fsp3) is 0.350. The van der Waals surface area contributed by atoms with Crippen molar-refractivity contribution in [3.63, 3.8) is 0 Å². The summed E-state index contributed by atoms with van der Waals surface area (Å²) in [7, 11) is -3.71. The minimum Gasteiger partial charge on any atom is -0.336 e. The Labute approximate surface area is 172 Å². The molecule has 0 aliphatic carbocycles. The molecule has 1 unspecified atom stereocenters.